The molecule has 2 nitrogen and oxygen atoms in total. The van der Waals surface area contributed by atoms with Crippen LogP contribution in [0.15, 0.2) is 425 Å². The van der Waals surface area contributed by atoms with E-state index in [9.17, 15) is 0 Å². The molecule has 0 atom stereocenters. The van der Waals surface area contributed by atoms with Gasteiger partial charge in [-0.25, -0.2) is 0 Å². The molecule has 18 aromatic carbocycles. The largest absolute Gasteiger partial charge is 0.355 e. The van der Waals surface area contributed by atoms with Gasteiger partial charge in [0, 0.05) is 84.6 Å². The van der Waals surface area contributed by atoms with Gasteiger partial charge in [-0.2, -0.15) is 0 Å². The summed E-state index contributed by atoms with van der Waals surface area (Å²) in [6.07, 6.45) is 0. The van der Waals surface area contributed by atoms with Crippen molar-refractivity contribution in [3.63, 3.8) is 0 Å². The standard InChI is InChI=1S/C58H41NS.C37H25NS.C21H17Cl/c1-57(2)51-25-12-9-21-46(51)49-24-15-23-44(56(49)57)38-28-30-41(31-29-38)59(42-33-35-55-50(36-42)48-22-11-14-27-54(48)60-55)43-32-34-47-45-20-10-13-26-52(45)58(53(47)37-43,39-16-5-3-6-17-39)40-18-7-4-8-19-40;1-3-11-25(12-4-1)37(26-13-5-2-6-14-26)33-17-9-7-15-29(33)30-21-19-28(24-34(30)37)38-27-20-22-36-32(23-27)31-16-8-10-18-35(31)39-36;1-21(2)19-9-4-3-6-17(19)18-8-5-7-16(20(18)21)14-10-12-15(22)13-11-14/h3-37H,1-2H3;1-24,38H;3-13H,1-2H3. The van der Waals surface area contributed by atoms with E-state index in [1.165, 1.54) is 174 Å². The second-order valence-corrected chi connectivity index (χ2v) is 36.0. The fourth-order valence-corrected chi connectivity index (χ4v) is 23.3. The van der Waals surface area contributed by atoms with Gasteiger partial charge in [-0.15, -0.1) is 22.7 Å². The van der Waals surface area contributed by atoms with Gasteiger partial charge < -0.3 is 10.2 Å². The van der Waals surface area contributed by atoms with Gasteiger partial charge in [0.25, 0.3) is 0 Å². The van der Waals surface area contributed by atoms with Crippen LogP contribution in [0.3, 0.4) is 0 Å². The minimum absolute atomic E-state index is 0.0160. The van der Waals surface area contributed by atoms with Crippen LogP contribution in [0.25, 0.3) is 107 Å². The molecule has 20 aromatic rings. The maximum absolute atomic E-state index is 6.05. The van der Waals surface area contributed by atoms with Gasteiger partial charge in [-0.3, -0.25) is 0 Å². The first-order valence-electron chi connectivity index (χ1n) is 41.9. The summed E-state index contributed by atoms with van der Waals surface area (Å²) in [6, 6.07) is 156. The van der Waals surface area contributed by atoms with Crippen molar-refractivity contribution in [3.05, 3.63) is 496 Å². The lowest BCUT2D eigenvalue weighted by Gasteiger charge is -2.35. The van der Waals surface area contributed by atoms with Crippen LogP contribution >= 0.6 is 34.3 Å². The third-order valence-corrected chi connectivity index (χ3v) is 28.7. The quantitative estimate of drug-likeness (QED) is 0.139. The molecule has 4 aliphatic rings. The van der Waals surface area contributed by atoms with Crippen molar-refractivity contribution in [3.8, 4) is 66.8 Å². The summed E-state index contributed by atoms with van der Waals surface area (Å²) in [4.78, 5) is 2.47. The van der Waals surface area contributed by atoms with Gasteiger partial charge in [-0.1, -0.05) is 367 Å². The van der Waals surface area contributed by atoms with Crippen LogP contribution in [0.5, 0.6) is 0 Å². The predicted octanol–water partition coefficient (Wildman–Crippen LogP) is 32.3. The lowest BCUT2D eigenvalue weighted by molar-refractivity contribution is 0.662. The van der Waals surface area contributed by atoms with E-state index in [1.54, 1.807) is 0 Å². The number of thiophene rings is 2. The molecule has 0 spiro atoms. The van der Waals surface area contributed by atoms with Crippen molar-refractivity contribution < 1.29 is 0 Å². The van der Waals surface area contributed by atoms with Crippen LogP contribution in [-0.2, 0) is 21.7 Å². The molecule has 4 aliphatic carbocycles. The minimum Gasteiger partial charge on any atom is -0.355 e. The average molecular weight is 1600 g/mol. The highest BCUT2D eigenvalue weighted by molar-refractivity contribution is 7.26. The lowest BCUT2D eigenvalue weighted by Crippen LogP contribution is -2.28. The number of nitrogens with zero attached hydrogens (tertiary/aromatic N) is 1. The van der Waals surface area contributed by atoms with Crippen LogP contribution in [0.2, 0.25) is 5.02 Å². The number of hydrogen-bond acceptors (Lipinski definition) is 4. The number of hydrogen-bond donors (Lipinski definition) is 1. The lowest BCUT2D eigenvalue weighted by atomic mass is 9.67. The van der Waals surface area contributed by atoms with Crippen LogP contribution in [0.4, 0.5) is 28.4 Å². The summed E-state index contributed by atoms with van der Waals surface area (Å²) in [5.74, 6) is 0. The van der Waals surface area contributed by atoms with Crippen LogP contribution in [-0.4, -0.2) is 0 Å². The number of nitrogens with one attached hydrogen (secondary N) is 1. The van der Waals surface area contributed by atoms with Crippen molar-refractivity contribution in [2.75, 3.05) is 10.2 Å². The Morgan fingerprint density at radius 3 is 1.04 bits per heavy atom. The molecular weight excluding hydrogens is 1520 g/mol. The first kappa shape index (κ1) is 73.6. The molecule has 0 amide bonds. The molecule has 5 heteroatoms. The molecule has 0 aliphatic heterocycles. The van der Waals surface area contributed by atoms with Gasteiger partial charge in [0.15, 0.2) is 0 Å². The topological polar surface area (TPSA) is 15.3 Å². The first-order chi connectivity index (χ1) is 59.4. The number of rotatable bonds is 11. The van der Waals surface area contributed by atoms with Crippen molar-refractivity contribution in [1.82, 2.24) is 0 Å². The highest BCUT2D eigenvalue weighted by Crippen LogP contribution is 2.61. The van der Waals surface area contributed by atoms with Crippen molar-refractivity contribution >= 4 is 103 Å². The van der Waals surface area contributed by atoms with E-state index in [-0.39, 0.29) is 16.2 Å². The summed E-state index contributed by atoms with van der Waals surface area (Å²) in [6.45, 7) is 9.38. The molecule has 0 saturated carbocycles. The van der Waals surface area contributed by atoms with Crippen molar-refractivity contribution in [2.45, 2.75) is 49.4 Å². The maximum atomic E-state index is 6.05. The van der Waals surface area contributed by atoms with E-state index in [0.717, 1.165) is 33.5 Å². The number of anilines is 5. The fourth-order valence-electron chi connectivity index (χ4n) is 21.0. The number of benzene rings is 18. The van der Waals surface area contributed by atoms with Gasteiger partial charge >= 0.3 is 0 Å². The van der Waals surface area contributed by atoms with Gasteiger partial charge in [0.1, 0.15) is 0 Å². The zero-order valence-electron chi connectivity index (χ0n) is 67.6. The molecule has 1 N–H and O–H groups in total. The van der Waals surface area contributed by atoms with E-state index in [0.29, 0.717) is 0 Å². The second-order valence-electron chi connectivity index (χ2n) is 33.4. The second kappa shape index (κ2) is 29.4. The molecule has 2 aromatic heterocycles. The highest BCUT2D eigenvalue weighted by Gasteiger charge is 2.48. The van der Waals surface area contributed by atoms with Crippen LogP contribution < -0.4 is 10.2 Å². The molecule has 0 fully saturated rings. The smallest absolute Gasteiger partial charge is 0.0714 e. The summed E-state index contributed by atoms with van der Waals surface area (Å²) in [5, 5.41) is 9.73. The summed E-state index contributed by atoms with van der Waals surface area (Å²) in [7, 11) is 0. The SMILES string of the molecule is CC1(C)c2ccccc2-c2cccc(-c3ccc(Cl)cc3)c21.CC1(C)c2ccccc2-c2cccc(-c3ccc(N(c4ccc5c(c4)C(c4ccccc4)(c4ccccc4)c4ccccc4-5)c4ccc5sc6ccccc6c5c4)cc3)c21.c1ccc(C2(c3ccccc3)c3ccccc3-c3ccc(Nc4ccc5sc6ccccc6c5c4)cc32)cc1. The summed E-state index contributed by atoms with van der Waals surface area (Å²) >= 11 is 9.76. The minimum atomic E-state index is -0.494. The molecule has 0 unspecified atom stereocenters. The first-order valence-corrected chi connectivity index (χ1v) is 43.9. The van der Waals surface area contributed by atoms with Crippen molar-refractivity contribution in [2.24, 2.45) is 0 Å². The van der Waals surface area contributed by atoms with E-state index >= 15 is 0 Å². The van der Waals surface area contributed by atoms with Crippen LogP contribution in [0, 0.1) is 0 Å². The molecule has 0 saturated heterocycles. The third-order valence-electron chi connectivity index (χ3n) is 26.2. The average Bonchev–Trinajstić information content (AvgIpc) is 1.54. The Bertz CT molecular complexity index is 7350. The Balaban J connectivity index is 0.000000122. The monoisotopic (exact) mass is 1600 g/mol. The summed E-state index contributed by atoms with van der Waals surface area (Å²) in [5.41, 5.74) is 36.2. The molecule has 576 valence electrons. The van der Waals surface area contributed by atoms with E-state index < -0.39 is 5.41 Å². The zero-order valence-corrected chi connectivity index (χ0v) is 69.9. The van der Waals surface area contributed by atoms with Gasteiger partial charge in [0.05, 0.1) is 10.8 Å². The molecule has 121 heavy (non-hydrogen) atoms. The van der Waals surface area contributed by atoms with Crippen LogP contribution in [0.1, 0.15) is 94.5 Å². The number of halogens is 1. The fraction of sp³-hybridized carbons (Fsp3) is 0.0690. The maximum Gasteiger partial charge on any atom is 0.0714 e. The van der Waals surface area contributed by atoms with E-state index in [4.69, 9.17) is 11.6 Å². The molecule has 2 heterocycles. The Morgan fingerprint density at radius 2 is 0.554 bits per heavy atom. The summed E-state index contributed by atoms with van der Waals surface area (Å²) < 4.78 is 5.26. The molecule has 24 rings (SSSR count). The molecule has 0 bridgehead atoms. The highest BCUT2D eigenvalue weighted by atomic mass is 35.5. The van der Waals surface area contributed by atoms with E-state index in [1.807, 2.05) is 34.8 Å². The third kappa shape index (κ3) is 11.9. The van der Waals surface area contributed by atoms with E-state index in [2.05, 4.69) is 450 Å². The molecule has 0 radical (unpaired) electrons. The Labute approximate surface area is 720 Å². The van der Waals surface area contributed by atoms with Crippen molar-refractivity contribution in [1.29, 1.82) is 0 Å². The van der Waals surface area contributed by atoms with Gasteiger partial charge in [-0.05, 0) is 231 Å². The van der Waals surface area contributed by atoms with Gasteiger partial charge in [0.2, 0.25) is 0 Å². The predicted molar refractivity (Wildman–Crippen MR) is 515 cm³/mol. The number of fused-ring (bicyclic) bond motifs is 18. The Kier molecular flexibility index (Phi) is 17.9. The Morgan fingerprint density at radius 1 is 0.231 bits per heavy atom. The normalized spacial score (nSPS) is 13.9. The molecular formula is C116H83ClN2S2. The Hall–Kier alpha value is -13.7. The zero-order chi connectivity index (χ0) is 81.1.